The van der Waals surface area contributed by atoms with Gasteiger partial charge in [0.1, 0.15) is 11.5 Å². The molecule has 36 heavy (non-hydrogen) atoms. The maximum absolute atomic E-state index is 13.3. The van der Waals surface area contributed by atoms with Crippen LogP contribution in [0.2, 0.25) is 0 Å². The molecule has 2 aromatic carbocycles. The monoisotopic (exact) mass is 502 g/mol. The summed E-state index contributed by atoms with van der Waals surface area (Å²) in [4.78, 5) is 29.4. The highest BCUT2D eigenvalue weighted by molar-refractivity contribution is 5.95. The van der Waals surface area contributed by atoms with Gasteiger partial charge in [-0.15, -0.1) is 0 Å². The van der Waals surface area contributed by atoms with Gasteiger partial charge in [0.15, 0.2) is 0 Å². The molecule has 1 saturated heterocycles. The summed E-state index contributed by atoms with van der Waals surface area (Å²) in [5, 5.41) is 0. The smallest absolute Gasteiger partial charge is 0.416 e. The van der Waals surface area contributed by atoms with Crippen LogP contribution in [0, 0.1) is 0 Å². The second kappa shape index (κ2) is 10.9. The summed E-state index contributed by atoms with van der Waals surface area (Å²) in [6.45, 7) is 1.15. The molecule has 2 amide bonds. The quantitative estimate of drug-likeness (QED) is 0.476. The first-order chi connectivity index (χ1) is 17.2. The molecule has 1 aliphatic heterocycles. The second-order valence-corrected chi connectivity index (χ2v) is 8.31. The summed E-state index contributed by atoms with van der Waals surface area (Å²) in [7, 11) is 1.55. The van der Waals surface area contributed by atoms with Crippen LogP contribution in [-0.4, -0.2) is 61.1 Å². The lowest BCUT2D eigenvalue weighted by Gasteiger charge is -2.35. The normalized spacial score (nSPS) is 16.0. The van der Waals surface area contributed by atoms with Gasteiger partial charge in [0.2, 0.25) is 0 Å². The van der Waals surface area contributed by atoms with Crippen LogP contribution in [0.5, 0.6) is 5.75 Å². The van der Waals surface area contributed by atoms with Crippen LogP contribution >= 0.6 is 0 Å². The van der Waals surface area contributed by atoms with Crippen LogP contribution in [-0.2, 0) is 17.5 Å². The molecule has 190 valence electrons. The van der Waals surface area contributed by atoms with Crippen molar-refractivity contribution in [3.05, 3.63) is 89.4 Å². The largest absolute Gasteiger partial charge is 0.497 e. The number of hydrogen-bond donors (Lipinski definition) is 0. The van der Waals surface area contributed by atoms with E-state index in [1.165, 1.54) is 11.2 Å². The lowest BCUT2D eigenvalue weighted by atomic mass is 10.1. The Balaban J connectivity index is 1.48. The van der Waals surface area contributed by atoms with Gasteiger partial charge in [-0.25, -0.2) is 0 Å². The molecule has 0 saturated carbocycles. The van der Waals surface area contributed by atoms with Crippen molar-refractivity contribution < 1.29 is 36.7 Å². The minimum Gasteiger partial charge on any atom is -0.497 e. The van der Waals surface area contributed by atoms with Crippen molar-refractivity contribution in [2.45, 2.75) is 18.8 Å². The highest BCUT2D eigenvalue weighted by Gasteiger charge is 2.32. The first kappa shape index (κ1) is 25.3. The van der Waals surface area contributed by atoms with E-state index in [1.54, 1.807) is 48.4 Å². The molecular formula is C26H25F3N2O5. The molecule has 0 aliphatic carbocycles. The van der Waals surface area contributed by atoms with Crippen LogP contribution in [0.4, 0.5) is 13.2 Å². The highest BCUT2D eigenvalue weighted by atomic mass is 19.4. The van der Waals surface area contributed by atoms with E-state index in [1.807, 2.05) is 0 Å². The van der Waals surface area contributed by atoms with E-state index in [9.17, 15) is 22.8 Å². The van der Waals surface area contributed by atoms with Gasteiger partial charge < -0.3 is 23.7 Å². The molecule has 0 N–H and O–H groups in total. The second-order valence-electron chi connectivity index (χ2n) is 8.31. The zero-order chi connectivity index (χ0) is 25.7. The van der Waals surface area contributed by atoms with Crippen molar-refractivity contribution in [1.29, 1.82) is 0 Å². The number of methoxy groups -OCH3 is 1. The summed E-state index contributed by atoms with van der Waals surface area (Å²) in [6.07, 6.45) is -3.51. The van der Waals surface area contributed by atoms with E-state index in [-0.39, 0.29) is 37.7 Å². The molecule has 1 aliphatic rings. The predicted octanol–water partition coefficient (Wildman–Crippen LogP) is 4.49. The van der Waals surface area contributed by atoms with Gasteiger partial charge in [-0.3, -0.25) is 9.59 Å². The van der Waals surface area contributed by atoms with Crippen LogP contribution in [0.3, 0.4) is 0 Å². The number of ether oxygens (including phenoxy) is 2. The molecule has 1 unspecified atom stereocenters. The summed E-state index contributed by atoms with van der Waals surface area (Å²) < 4.78 is 55.2. The van der Waals surface area contributed by atoms with Crippen LogP contribution < -0.4 is 4.74 Å². The first-order valence-electron chi connectivity index (χ1n) is 11.3. The van der Waals surface area contributed by atoms with Gasteiger partial charge >= 0.3 is 6.18 Å². The first-order valence-corrected chi connectivity index (χ1v) is 11.3. The van der Waals surface area contributed by atoms with E-state index in [4.69, 9.17) is 13.9 Å². The van der Waals surface area contributed by atoms with Crippen LogP contribution in [0.25, 0.3) is 0 Å². The minimum absolute atomic E-state index is 0.0964. The van der Waals surface area contributed by atoms with Crippen molar-refractivity contribution >= 4 is 11.8 Å². The molecule has 7 nitrogen and oxygen atoms in total. The van der Waals surface area contributed by atoms with E-state index >= 15 is 0 Å². The van der Waals surface area contributed by atoms with E-state index in [0.29, 0.717) is 23.6 Å². The van der Waals surface area contributed by atoms with Crippen molar-refractivity contribution in [3.63, 3.8) is 0 Å². The molecule has 0 bridgehead atoms. The third kappa shape index (κ3) is 6.06. The SMILES string of the molecule is COc1ccc(C(=O)N2CCOC(CN(Cc3ccco3)C(=O)c3ccc(C(F)(F)F)cc3)C2)cc1. The number of furan rings is 1. The van der Waals surface area contributed by atoms with E-state index in [2.05, 4.69) is 0 Å². The Kier molecular flexibility index (Phi) is 7.64. The fourth-order valence-corrected chi connectivity index (χ4v) is 3.97. The van der Waals surface area contributed by atoms with Gasteiger partial charge in [-0.1, -0.05) is 0 Å². The van der Waals surface area contributed by atoms with Crippen molar-refractivity contribution in [3.8, 4) is 5.75 Å². The fourth-order valence-electron chi connectivity index (χ4n) is 3.97. The zero-order valence-electron chi connectivity index (χ0n) is 19.5. The Bertz CT molecular complexity index is 1160. The third-order valence-corrected chi connectivity index (χ3v) is 5.86. The molecule has 4 rings (SSSR count). The van der Waals surface area contributed by atoms with E-state index < -0.39 is 23.8 Å². The van der Waals surface area contributed by atoms with Gasteiger partial charge in [-0.2, -0.15) is 13.2 Å². The Morgan fingerprint density at radius 2 is 1.75 bits per heavy atom. The van der Waals surface area contributed by atoms with Crippen LogP contribution in [0.15, 0.2) is 71.3 Å². The number of benzene rings is 2. The number of alkyl halides is 3. The topological polar surface area (TPSA) is 72.2 Å². The standard InChI is InChI=1S/C26H25F3N2O5/c1-34-21-10-6-19(7-11-21)24(32)30-12-14-36-23(16-30)17-31(15-22-3-2-13-35-22)25(33)18-4-8-20(9-5-18)26(27,28)29/h2-11,13,23H,12,14-17H2,1H3. The van der Waals surface area contributed by atoms with Gasteiger partial charge in [-0.05, 0) is 60.7 Å². The number of rotatable bonds is 7. The van der Waals surface area contributed by atoms with Crippen molar-refractivity contribution in [2.75, 3.05) is 33.4 Å². The maximum atomic E-state index is 13.3. The lowest BCUT2D eigenvalue weighted by Crippen LogP contribution is -2.50. The molecule has 0 spiro atoms. The average molecular weight is 502 g/mol. The predicted molar refractivity (Wildman–Crippen MR) is 124 cm³/mol. The highest BCUT2D eigenvalue weighted by Crippen LogP contribution is 2.29. The van der Waals surface area contributed by atoms with Gasteiger partial charge in [0.05, 0.1) is 38.2 Å². The Labute approximate surface area is 206 Å². The summed E-state index contributed by atoms with van der Waals surface area (Å²) in [5.41, 5.74) is -0.221. The zero-order valence-corrected chi connectivity index (χ0v) is 19.5. The average Bonchev–Trinajstić information content (AvgIpc) is 3.40. The molecule has 3 aromatic rings. The lowest BCUT2D eigenvalue weighted by molar-refractivity contribution is -0.137. The number of hydrogen-bond acceptors (Lipinski definition) is 5. The molecule has 0 radical (unpaired) electrons. The summed E-state index contributed by atoms with van der Waals surface area (Å²) in [5.74, 6) is 0.513. The minimum atomic E-state index is -4.49. The van der Waals surface area contributed by atoms with Gasteiger partial charge in [0, 0.05) is 30.8 Å². The molecule has 1 fully saturated rings. The number of morpholine rings is 1. The molecule has 1 aromatic heterocycles. The molecule has 1 atom stereocenters. The fraction of sp³-hybridized carbons (Fsp3) is 0.308. The third-order valence-electron chi connectivity index (χ3n) is 5.86. The van der Waals surface area contributed by atoms with Crippen molar-refractivity contribution in [1.82, 2.24) is 9.80 Å². The summed E-state index contributed by atoms with van der Waals surface area (Å²) >= 11 is 0. The number of amides is 2. The molecule has 2 heterocycles. The number of carbonyl (C=O) groups excluding carboxylic acids is 2. The number of halogens is 3. The number of nitrogens with zero attached hydrogens (tertiary/aromatic N) is 2. The van der Waals surface area contributed by atoms with Gasteiger partial charge in [0.25, 0.3) is 11.8 Å². The van der Waals surface area contributed by atoms with Crippen molar-refractivity contribution in [2.24, 2.45) is 0 Å². The number of carbonyl (C=O) groups is 2. The van der Waals surface area contributed by atoms with E-state index in [0.717, 1.165) is 24.3 Å². The summed E-state index contributed by atoms with van der Waals surface area (Å²) in [6, 6.07) is 14.2. The molecular weight excluding hydrogens is 477 g/mol. The Morgan fingerprint density at radius 3 is 2.36 bits per heavy atom. The van der Waals surface area contributed by atoms with Crippen LogP contribution in [0.1, 0.15) is 32.0 Å². The molecule has 10 heteroatoms. The Hall–Kier alpha value is -3.79. The maximum Gasteiger partial charge on any atom is 0.416 e. The Morgan fingerprint density at radius 1 is 1.06 bits per heavy atom.